The Kier molecular flexibility index (Phi) is 4.26. The molecule has 1 amide bonds. The van der Waals surface area contributed by atoms with Crippen molar-refractivity contribution in [1.82, 2.24) is 10.3 Å². The van der Waals surface area contributed by atoms with Gasteiger partial charge in [-0.25, -0.2) is 4.98 Å². The van der Waals surface area contributed by atoms with E-state index in [-0.39, 0.29) is 17.9 Å². The average Bonchev–Trinajstić information content (AvgIpc) is 2.27. The highest BCUT2D eigenvalue weighted by atomic mass is 35.5. The lowest BCUT2D eigenvalue weighted by Crippen LogP contribution is -2.36. The van der Waals surface area contributed by atoms with Crippen molar-refractivity contribution in [2.45, 2.75) is 13.8 Å². The fraction of sp³-hybridized carbons (Fsp3) is 0.455. The lowest BCUT2D eigenvalue weighted by molar-refractivity contribution is 0.0906. The molecule has 5 heteroatoms. The van der Waals surface area contributed by atoms with Crippen molar-refractivity contribution in [2.75, 3.05) is 13.2 Å². The topological polar surface area (TPSA) is 62.2 Å². The average molecular weight is 243 g/mol. The third-order valence-corrected chi connectivity index (χ3v) is 2.34. The number of rotatable bonds is 4. The molecule has 2 N–H and O–H groups in total. The van der Waals surface area contributed by atoms with E-state index in [1.165, 1.54) is 6.20 Å². The Balaban J connectivity index is 2.56. The van der Waals surface area contributed by atoms with E-state index in [4.69, 9.17) is 16.7 Å². The van der Waals surface area contributed by atoms with Gasteiger partial charge in [0.15, 0.2) is 0 Å². The quantitative estimate of drug-likeness (QED) is 0.841. The normalized spacial score (nSPS) is 11.2. The summed E-state index contributed by atoms with van der Waals surface area (Å²) in [5, 5.41) is 12.2. The maximum atomic E-state index is 11.6. The number of carbonyl (C=O) groups excluding carboxylic acids is 1. The number of amides is 1. The summed E-state index contributed by atoms with van der Waals surface area (Å²) in [6, 6.07) is 3.17. The van der Waals surface area contributed by atoms with Gasteiger partial charge in [-0.15, -0.1) is 0 Å². The van der Waals surface area contributed by atoms with Gasteiger partial charge in [0, 0.05) is 24.8 Å². The Bertz CT molecular complexity index is 363. The molecule has 0 aliphatic rings. The molecule has 0 aromatic carbocycles. The van der Waals surface area contributed by atoms with Gasteiger partial charge in [0.2, 0.25) is 0 Å². The van der Waals surface area contributed by atoms with Crippen molar-refractivity contribution in [3.63, 3.8) is 0 Å². The molecular formula is C11H15ClN2O2. The molecule has 0 atom stereocenters. The summed E-state index contributed by atoms with van der Waals surface area (Å²) in [5.41, 5.74) is -0.0135. The van der Waals surface area contributed by atoms with Crippen LogP contribution in [0.5, 0.6) is 0 Å². The summed E-state index contributed by atoms with van der Waals surface area (Å²) >= 11 is 5.66. The molecule has 0 radical (unpaired) electrons. The molecule has 1 aromatic rings. The Morgan fingerprint density at radius 1 is 1.56 bits per heavy atom. The van der Waals surface area contributed by atoms with Crippen LogP contribution < -0.4 is 5.32 Å². The lowest BCUT2D eigenvalue weighted by Gasteiger charge is -2.21. The van der Waals surface area contributed by atoms with Gasteiger partial charge >= 0.3 is 0 Å². The first-order valence-electron chi connectivity index (χ1n) is 4.95. The van der Waals surface area contributed by atoms with Crippen LogP contribution in [0.4, 0.5) is 0 Å². The number of pyridine rings is 1. The maximum Gasteiger partial charge on any atom is 0.269 e. The number of aromatic nitrogens is 1. The van der Waals surface area contributed by atoms with Gasteiger partial charge in [-0.05, 0) is 12.1 Å². The predicted octanol–water partition coefficient (Wildman–Crippen LogP) is 1.48. The summed E-state index contributed by atoms with van der Waals surface area (Å²) in [4.78, 5) is 15.5. The van der Waals surface area contributed by atoms with E-state index < -0.39 is 0 Å². The van der Waals surface area contributed by atoms with E-state index in [0.29, 0.717) is 17.3 Å². The number of halogens is 1. The molecule has 0 saturated heterocycles. The van der Waals surface area contributed by atoms with E-state index in [2.05, 4.69) is 10.3 Å². The summed E-state index contributed by atoms with van der Waals surface area (Å²) in [5.74, 6) is -0.266. The van der Waals surface area contributed by atoms with Crippen molar-refractivity contribution < 1.29 is 9.90 Å². The minimum absolute atomic E-state index is 0.0152. The molecule has 4 nitrogen and oxygen atoms in total. The van der Waals surface area contributed by atoms with E-state index in [1.807, 2.05) is 13.8 Å². The fourth-order valence-electron chi connectivity index (χ4n) is 0.976. The summed E-state index contributed by atoms with van der Waals surface area (Å²) in [6.45, 7) is 4.14. The maximum absolute atomic E-state index is 11.6. The van der Waals surface area contributed by atoms with Gasteiger partial charge in [0.05, 0.1) is 5.02 Å². The van der Waals surface area contributed by atoms with Gasteiger partial charge in [-0.3, -0.25) is 4.79 Å². The molecular weight excluding hydrogens is 228 g/mol. The second kappa shape index (κ2) is 5.27. The lowest BCUT2D eigenvalue weighted by atomic mass is 9.95. The van der Waals surface area contributed by atoms with Crippen molar-refractivity contribution in [3.05, 3.63) is 29.0 Å². The van der Waals surface area contributed by atoms with Crippen LogP contribution in [0.15, 0.2) is 18.3 Å². The van der Waals surface area contributed by atoms with Crippen LogP contribution in [0.2, 0.25) is 5.02 Å². The van der Waals surface area contributed by atoms with E-state index in [9.17, 15) is 4.79 Å². The number of nitrogens with zero attached hydrogens (tertiary/aromatic N) is 1. The Morgan fingerprint density at radius 2 is 2.25 bits per heavy atom. The van der Waals surface area contributed by atoms with Crippen molar-refractivity contribution in [2.24, 2.45) is 5.41 Å². The highest BCUT2D eigenvalue weighted by molar-refractivity contribution is 6.30. The van der Waals surface area contributed by atoms with E-state index in [1.54, 1.807) is 12.1 Å². The molecule has 1 aromatic heterocycles. The first kappa shape index (κ1) is 12.9. The van der Waals surface area contributed by atoms with Crippen LogP contribution >= 0.6 is 11.6 Å². The minimum atomic E-state index is -0.331. The third-order valence-electron chi connectivity index (χ3n) is 2.12. The summed E-state index contributed by atoms with van der Waals surface area (Å²) in [6.07, 6.45) is 1.42. The zero-order valence-corrected chi connectivity index (χ0v) is 10.1. The second-order valence-corrected chi connectivity index (χ2v) is 4.80. The number of carbonyl (C=O) groups is 1. The Labute approximate surface area is 99.6 Å². The van der Waals surface area contributed by atoms with Crippen LogP contribution in [0.3, 0.4) is 0 Å². The minimum Gasteiger partial charge on any atom is -0.396 e. The standard InChI is InChI=1S/C11H15ClN2O2/c1-11(2,7-15)6-14-10(16)9-4-3-8(12)5-13-9/h3-5,15H,6-7H2,1-2H3,(H,14,16). The molecule has 0 unspecified atom stereocenters. The molecule has 0 saturated carbocycles. The van der Waals surface area contributed by atoms with Gasteiger partial charge in [-0.2, -0.15) is 0 Å². The van der Waals surface area contributed by atoms with E-state index >= 15 is 0 Å². The third kappa shape index (κ3) is 3.79. The zero-order valence-electron chi connectivity index (χ0n) is 9.33. The number of hydrogen-bond acceptors (Lipinski definition) is 3. The molecule has 16 heavy (non-hydrogen) atoms. The zero-order chi connectivity index (χ0) is 12.2. The van der Waals surface area contributed by atoms with Crippen LogP contribution in [0.1, 0.15) is 24.3 Å². The van der Waals surface area contributed by atoms with Gasteiger partial charge in [0.1, 0.15) is 5.69 Å². The molecule has 88 valence electrons. The van der Waals surface area contributed by atoms with Gasteiger partial charge in [-0.1, -0.05) is 25.4 Å². The van der Waals surface area contributed by atoms with Crippen molar-refractivity contribution >= 4 is 17.5 Å². The number of aliphatic hydroxyl groups excluding tert-OH is 1. The largest absolute Gasteiger partial charge is 0.396 e. The molecule has 0 bridgehead atoms. The number of nitrogens with one attached hydrogen (secondary N) is 1. The summed E-state index contributed by atoms with van der Waals surface area (Å²) in [7, 11) is 0. The SMILES string of the molecule is CC(C)(CO)CNC(=O)c1ccc(Cl)cn1. The van der Waals surface area contributed by atoms with E-state index in [0.717, 1.165) is 0 Å². The second-order valence-electron chi connectivity index (χ2n) is 4.37. The molecule has 1 heterocycles. The van der Waals surface area contributed by atoms with Crippen molar-refractivity contribution in [1.29, 1.82) is 0 Å². The Hall–Kier alpha value is -1.13. The van der Waals surface area contributed by atoms with Gasteiger partial charge < -0.3 is 10.4 Å². The summed E-state index contributed by atoms with van der Waals surface area (Å²) < 4.78 is 0. The molecule has 0 aliphatic heterocycles. The first-order chi connectivity index (χ1) is 7.44. The van der Waals surface area contributed by atoms with Crippen LogP contribution in [0.25, 0.3) is 0 Å². The first-order valence-corrected chi connectivity index (χ1v) is 5.33. The molecule has 0 fully saturated rings. The molecule has 0 aliphatic carbocycles. The monoisotopic (exact) mass is 242 g/mol. The van der Waals surface area contributed by atoms with Crippen LogP contribution in [-0.4, -0.2) is 29.1 Å². The van der Waals surface area contributed by atoms with Crippen LogP contribution in [0, 0.1) is 5.41 Å². The Morgan fingerprint density at radius 3 is 2.75 bits per heavy atom. The molecule has 1 rings (SSSR count). The highest BCUT2D eigenvalue weighted by Crippen LogP contribution is 2.12. The molecule has 0 spiro atoms. The highest BCUT2D eigenvalue weighted by Gasteiger charge is 2.18. The predicted molar refractivity (Wildman–Crippen MR) is 62.4 cm³/mol. The number of hydrogen-bond donors (Lipinski definition) is 2. The fourth-order valence-corrected chi connectivity index (χ4v) is 1.09. The smallest absolute Gasteiger partial charge is 0.269 e. The van der Waals surface area contributed by atoms with Crippen LogP contribution in [-0.2, 0) is 0 Å². The number of aliphatic hydroxyl groups is 1. The van der Waals surface area contributed by atoms with Crippen molar-refractivity contribution in [3.8, 4) is 0 Å². The van der Waals surface area contributed by atoms with Gasteiger partial charge in [0.25, 0.3) is 5.91 Å².